The maximum absolute atomic E-state index is 12.2. The van der Waals surface area contributed by atoms with Crippen LogP contribution in [0.25, 0.3) is 10.9 Å². The van der Waals surface area contributed by atoms with Crippen molar-refractivity contribution in [1.29, 1.82) is 0 Å². The third-order valence-corrected chi connectivity index (χ3v) is 4.57. The summed E-state index contributed by atoms with van der Waals surface area (Å²) < 4.78 is 10.6. The number of aromatic nitrogens is 1. The summed E-state index contributed by atoms with van der Waals surface area (Å²) in [4.78, 5) is 16.8. The maximum atomic E-state index is 12.2. The van der Waals surface area contributed by atoms with Gasteiger partial charge in [-0.3, -0.25) is 0 Å². The molecule has 0 aliphatic rings. The largest absolute Gasteiger partial charge is 0.497 e. The number of benzene rings is 2. The van der Waals surface area contributed by atoms with E-state index in [9.17, 15) is 4.79 Å². The molecule has 7 nitrogen and oxygen atoms in total. The average molecular weight is 394 g/mol. The number of anilines is 1. The molecule has 1 atom stereocenters. The van der Waals surface area contributed by atoms with E-state index in [1.165, 1.54) is 0 Å². The number of nitrogens with zero attached hydrogens (tertiary/aromatic N) is 1. The molecule has 7 heteroatoms. The molecule has 2 amide bonds. The smallest absolute Gasteiger partial charge is 0.315 e. The molecule has 3 rings (SSSR count). The summed E-state index contributed by atoms with van der Waals surface area (Å²) in [7, 11) is 3.20. The van der Waals surface area contributed by atoms with Crippen LogP contribution in [0.5, 0.6) is 11.5 Å². The van der Waals surface area contributed by atoms with E-state index in [1.54, 1.807) is 20.3 Å². The van der Waals surface area contributed by atoms with E-state index in [2.05, 4.69) is 20.9 Å². The number of fused-ring (bicyclic) bond motifs is 1. The van der Waals surface area contributed by atoms with Crippen LogP contribution in [-0.2, 0) is 0 Å². The van der Waals surface area contributed by atoms with Crippen LogP contribution in [-0.4, -0.2) is 38.3 Å². The molecule has 1 unspecified atom stereocenters. The molecule has 0 radical (unpaired) electrons. The molecule has 0 fully saturated rings. The number of carbonyl (C=O) groups excluding carboxylic acids is 1. The Morgan fingerprint density at radius 2 is 1.86 bits per heavy atom. The summed E-state index contributed by atoms with van der Waals surface area (Å²) in [5, 5.41) is 10.1. The van der Waals surface area contributed by atoms with E-state index in [0.717, 1.165) is 22.3 Å². The number of carbonyl (C=O) groups is 1. The Morgan fingerprint density at radius 1 is 1.03 bits per heavy atom. The monoisotopic (exact) mass is 394 g/mol. The Hall–Kier alpha value is -3.48. The summed E-state index contributed by atoms with van der Waals surface area (Å²) in [6.45, 7) is 2.94. The van der Waals surface area contributed by atoms with Gasteiger partial charge >= 0.3 is 6.03 Å². The summed E-state index contributed by atoms with van der Waals surface area (Å²) in [5.41, 5.74) is 1.81. The first-order valence-electron chi connectivity index (χ1n) is 9.46. The topological polar surface area (TPSA) is 84.5 Å². The van der Waals surface area contributed by atoms with Gasteiger partial charge in [-0.2, -0.15) is 0 Å². The summed E-state index contributed by atoms with van der Waals surface area (Å²) in [6.07, 6.45) is 0. The maximum Gasteiger partial charge on any atom is 0.315 e. The van der Waals surface area contributed by atoms with E-state index in [0.29, 0.717) is 24.6 Å². The number of urea groups is 1. The molecule has 0 aliphatic heterocycles. The van der Waals surface area contributed by atoms with Crippen LogP contribution >= 0.6 is 0 Å². The highest BCUT2D eigenvalue weighted by atomic mass is 16.5. The highest BCUT2D eigenvalue weighted by Gasteiger charge is 2.14. The Morgan fingerprint density at radius 3 is 2.66 bits per heavy atom. The molecule has 152 valence electrons. The lowest BCUT2D eigenvalue weighted by Gasteiger charge is -2.18. The zero-order valence-electron chi connectivity index (χ0n) is 16.9. The SMILES string of the molecule is COc1ccc(C(C)NC(=O)NCCNc2ccc3ccccc3n2)c(OC)c1. The fourth-order valence-corrected chi connectivity index (χ4v) is 3.03. The first-order valence-corrected chi connectivity index (χ1v) is 9.46. The van der Waals surface area contributed by atoms with Crippen molar-refractivity contribution in [3.8, 4) is 11.5 Å². The van der Waals surface area contributed by atoms with Crippen LogP contribution < -0.4 is 25.4 Å². The van der Waals surface area contributed by atoms with E-state index in [4.69, 9.17) is 9.47 Å². The molecule has 0 bridgehead atoms. The Labute approximate surface area is 170 Å². The van der Waals surface area contributed by atoms with Gasteiger partial charge in [-0.25, -0.2) is 9.78 Å². The molecule has 1 heterocycles. The quantitative estimate of drug-likeness (QED) is 0.507. The molecule has 3 N–H and O–H groups in total. The van der Waals surface area contributed by atoms with Crippen molar-refractivity contribution in [3.63, 3.8) is 0 Å². The Kier molecular flexibility index (Phi) is 6.73. The molecule has 0 saturated heterocycles. The summed E-state index contributed by atoms with van der Waals surface area (Å²) >= 11 is 0. The van der Waals surface area contributed by atoms with Crippen molar-refractivity contribution < 1.29 is 14.3 Å². The van der Waals surface area contributed by atoms with E-state index < -0.39 is 0 Å². The number of hydrogen-bond acceptors (Lipinski definition) is 5. The number of methoxy groups -OCH3 is 2. The lowest BCUT2D eigenvalue weighted by atomic mass is 10.1. The van der Waals surface area contributed by atoms with Crippen molar-refractivity contribution in [2.75, 3.05) is 32.6 Å². The van der Waals surface area contributed by atoms with Gasteiger partial charge in [0.05, 0.1) is 25.8 Å². The first kappa shape index (κ1) is 20.3. The number of rotatable bonds is 8. The zero-order chi connectivity index (χ0) is 20.6. The molecule has 0 saturated carbocycles. The average Bonchev–Trinajstić information content (AvgIpc) is 2.76. The highest BCUT2D eigenvalue weighted by Crippen LogP contribution is 2.29. The summed E-state index contributed by atoms with van der Waals surface area (Å²) in [5.74, 6) is 2.15. The lowest BCUT2D eigenvalue weighted by molar-refractivity contribution is 0.238. The van der Waals surface area contributed by atoms with Gasteiger partial charge in [0.25, 0.3) is 0 Å². The highest BCUT2D eigenvalue weighted by molar-refractivity contribution is 5.80. The Balaban J connectivity index is 1.47. The standard InChI is InChI=1S/C22H26N4O3/c1-15(18-10-9-17(28-2)14-20(18)29-3)25-22(27)24-13-12-23-21-11-8-16-6-4-5-7-19(16)26-21/h4-11,14-15H,12-13H2,1-3H3,(H,23,26)(H2,24,25,27). The van der Waals surface area contributed by atoms with Gasteiger partial charge in [0.15, 0.2) is 0 Å². The van der Waals surface area contributed by atoms with Crippen LogP contribution in [0.2, 0.25) is 0 Å². The van der Waals surface area contributed by atoms with E-state index in [1.807, 2.05) is 55.5 Å². The number of nitrogens with one attached hydrogen (secondary N) is 3. The Bertz CT molecular complexity index is 977. The summed E-state index contributed by atoms with van der Waals surface area (Å²) in [6, 6.07) is 17.0. The number of pyridine rings is 1. The minimum Gasteiger partial charge on any atom is -0.497 e. The van der Waals surface area contributed by atoms with Gasteiger partial charge in [-0.05, 0) is 37.3 Å². The normalized spacial score (nSPS) is 11.6. The zero-order valence-corrected chi connectivity index (χ0v) is 16.9. The fraction of sp³-hybridized carbons (Fsp3) is 0.273. The van der Waals surface area contributed by atoms with Crippen LogP contribution in [0.1, 0.15) is 18.5 Å². The van der Waals surface area contributed by atoms with Gasteiger partial charge in [-0.1, -0.05) is 18.2 Å². The molecule has 3 aromatic rings. The van der Waals surface area contributed by atoms with Crippen molar-refractivity contribution in [2.24, 2.45) is 0 Å². The van der Waals surface area contributed by atoms with Crippen LogP contribution in [0.3, 0.4) is 0 Å². The van der Waals surface area contributed by atoms with Crippen LogP contribution in [0.4, 0.5) is 10.6 Å². The second kappa shape index (κ2) is 9.64. The van der Waals surface area contributed by atoms with E-state index in [-0.39, 0.29) is 12.1 Å². The molecule has 29 heavy (non-hydrogen) atoms. The molecule has 2 aromatic carbocycles. The number of ether oxygens (including phenoxy) is 2. The van der Waals surface area contributed by atoms with Gasteiger partial charge in [0.1, 0.15) is 17.3 Å². The van der Waals surface area contributed by atoms with Crippen LogP contribution in [0.15, 0.2) is 54.6 Å². The van der Waals surface area contributed by atoms with Gasteiger partial charge in [0.2, 0.25) is 0 Å². The predicted molar refractivity (Wildman–Crippen MR) is 115 cm³/mol. The van der Waals surface area contributed by atoms with Crippen LogP contribution in [0, 0.1) is 0 Å². The van der Waals surface area contributed by atoms with E-state index >= 15 is 0 Å². The minimum atomic E-state index is -0.247. The predicted octanol–water partition coefficient (Wildman–Crippen LogP) is 3.72. The molecular formula is C22H26N4O3. The van der Waals surface area contributed by atoms with Gasteiger partial charge in [0, 0.05) is 30.1 Å². The molecule has 1 aromatic heterocycles. The van der Waals surface area contributed by atoms with Gasteiger partial charge < -0.3 is 25.4 Å². The fourth-order valence-electron chi connectivity index (χ4n) is 3.03. The third-order valence-electron chi connectivity index (χ3n) is 4.57. The molecular weight excluding hydrogens is 368 g/mol. The third kappa shape index (κ3) is 5.28. The minimum absolute atomic E-state index is 0.217. The first-order chi connectivity index (χ1) is 14.1. The number of para-hydroxylation sites is 1. The van der Waals surface area contributed by atoms with Crippen molar-refractivity contribution in [2.45, 2.75) is 13.0 Å². The van der Waals surface area contributed by atoms with Gasteiger partial charge in [-0.15, -0.1) is 0 Å². The van der Waals surface area contributed by atoms with Crippen molar-refractivity contribution >= 4 is 22.8 Å². The second-order valence-corrected chi connectivity index (χ2v) is 6.55. The second-order valence-electron chi connectivity index (χ2n) is 6.55. The lowest BCUT2D eigenvalue weighted by Crippen LogP contribution is -2.39. The molecule has 0 aliphatic carbocycles. The molecule has 0 spiro atoms. The van der Waals surface area contributed by atoms with Crippen molar-refractivity contribution in [3.05, 3.63) is 60.2 Å². The van der Waals surface area contributed by atoms with Crippen molar-refractivity contribution in [1.82, 2.24) is 15.6 Å². The number of amides is 2. The number of hydrogen-bond donors (Lipinski definition) is 3.